The van der Waals surface area contributed by atoms with Crippen LogP contribution in [0.4, 0.5) is 0 Å². The molecule has 46 valence electrons. The molecule has 0 N–H and O–H groups in total. The van der Waals surface area contributed by atoms with E-state index >= 15 is 0 Å². The molecule has 0 spiro atoms. The molecule has 0 aliphatic carbocycles. The Labute approximate surface area is 61.6 Å². The minimum atomic E-state index is 0.457. The fourth-order valence-electron chi connectivity index (χ4n) is 1.07. The Morgan fingerprint density at radius 3 is 2.50 bits per heavy atom. The Morgan fingerprint density at radius 2 is 2.25 bits per heavy atom. The van der Waals surface area contributed by atoms with Gasteiger partial charge in [0.05, 0.1) is 0 Å². The first-order valence-corrected chi connectivity index (χ1v) is 5.35. The predicted octanol–water partition coefficient (Wildman–Crippen LogP) is -1.16. The number of ether oxygens (including phenoxy) is 1. The predicted molar refractivity (Wildman–Crippen MR) is 41.0 cm³/mol. The molecule has 1 aliphatic heterocycles. The minimum absolute atomic E-state index is 0.457. The molecule has 1 unspecified atom stereocenters. The molecule has 0 bridgehead atoms. The van der Waals surface area contributed by atoms with Gasteiger partial charge < -0.3 is 4.74 Å². The lowest BCUT2D eigenvalue weighted by Crippen LogP contribution is -2.36. The van der Waals surface area contributed by atoms with E-state index in [1.165, 1.54) is 45.8 Å². The van der Waals surface area contributed by atoms with Crippen LogP contribution >= 0.6 is 0 Å². The molecule has 1 heterocycles. The average Bonchev–Trinajstić information content (AvgIpc) is 1.65. The Bertz CT molecular complexity index is 76.5. The molecule has 1 nitrogen and oxygen atoms in total. The summed E-state index contributed by atoms with van der Waals surface area (Å²) in [7, 11) is 1.25. The standard InChI is InChI=1S/C5H11OSi.Al.2H/c7-5-3-1-2-4-6-5;;;/h1-4H2,7H3;;;. The van der Waals surface area contributed by atoms with Crippen LogP contribution in [0.25, 0.3) is 0 Å². The largest absolute Gasteiger partial charge is 0.395 e. The normalized spacial score (nSPS) is 40.0. The topological polar surface area (TPSA) is 9.23 Å². The second kappa shape index (κ2) is 2.53. The molecule has 1 rings (SSSR count). The van der Waals surface area contributed by atoms with E-state index in [2.05, 4.69) is 0 Å². The molecule has 0 radical (unpaired) electrons. The second-order valence-corrected chi connectivity index (χ2v) is 9.30. The summed E-state index contributed by atoms with van der Waals surface area (Å²) in [5, 5.41) is 0. The third-order valence-electron chi connectivity index (χ3n) is 1.67. The molecule has 0 aromatic rings. The third-order valence-corrected chi connectivity index (χ3v) is 3.24. The van der Waals surface area contributed by atoms with E-state index in [4.69, 9.17) is 4.74 Å². The van der Waals surface area contributed by atoms with Gasteiger partial charge in [-0.25, -0.2) is 0 Å². The molecule has 0 aromatic heterocycles. The van der Waals surface area contributed by atoms with Crippen molar-refractivity contribution < 1.29 is 4.74 Å². The van der Waals surface area contributed by atoms with Gasteiger partial charge in [-0.3, -0.25) is 0 Å². The van der Waals surface area contributed by atoms with Gasteiger partial charge in [-0.1, -0.05) is 6.42 Å². The van der Waals surface area contributed by atoms with Gasteiger partial charge in [0, 0.05) is 16.8 Å². The lowest BCUT2D eigenvalue weighted by atomic mass is 10.2. The van der Waals surface area contributed by atoms with Crippen molar-refractivity contribution in [3.05, 3.63) is 0 Å². The van der Waals surface area contributed by atoms with E-state index in [1.54, 1.807) is 0 Å². The summed E-state index contributed by atoms with van der Waals surface area (Å²) in [5.41, 5.74) is 0. The number of hydrogen-bond donors (Lipinski definition) is 0. The molecule has 0 amide bonds. The van der Waals surface area contributed by atoms with Gasteiger partial charge in [-0.2, -0.15) is 0 Å². The van der Waals surface area contributed by atoms with Gasteiger partial charge in [-0.15, -0.1) is 0 Å². The summed E-state index contributed by atoms with van der Waals surface area (Å²) in [6.07, 6.45) is 4.06. The molecular weight excluding hydrogens is 131 g/mol. The highest BCUT2D eigenvalue weighted by atomic mass is 28.2. The van der Waals surface area contributed by atoms with Gasteiger partial charge in [0.2, 0.25) is 0 Å². The smallest absolute Gasteiger partial charge is 0.257 e. The van der Waals surface area contributed by atoms with Crippen LogP contribution in [0, 0.1) is 0 Å². The van der Waals surface area contributed by atoms with Gasteiger partial charge in [-0.05, 0) is 16.9 Å². The molecule has 0 saturated carbocycles. The Morgan fingerprint density at radius 1 is 1.50 bits per heavy atom. The van der Waals surface area contributed by atoms with Crippen LogP contribution in [0.2, 0.25) is 0 Å². The molecular formula is C5H13AlOSi. The Kier molecular flexibility index (Phi) is 2.16. The third kappa shape index (κ3) is 1.91. The monoisotopic (exact) mass is 144 g/mol. The first kappa shape index (κ1) is 6.82. The maximum atomic E-state index is 5.59. The van der Waals surface area contributed by atoms with Crippen molar-refractivity contribution in [1.82, 2.24) is 0 Å². The molecule has 8 heavy (non-hydrogen) atoms. The van der Waals surface area contributed by atoms with Gasteiger partial charge >= 0.3 is 0 Å². The van der Waals surface area contributed by atoms with E-state index in [-0.39, 0.29) is 0 Å². The van der Waals surface area contributed by atoms with Gasteiger partial charge in [0.25, 0.3) is 16.3 Å². The quantitative estimate of drug-likeness (QED) is 0.390. The fraction of sp³-hybridized carbons (Fsp3) is 1.00. The van der Waals surface area contributed by atoms with Crippen LogP contribution in [-0.2, 0) is 4.74 Å². The second-order valence-electron chi connectivity index (χ2n) is 3.07. The maximum absolute atomic E-state index is 5.59. The van der Waals surface area contributed by atoms with Crippen LogP contribution in [0.5, 0.6) is 0 Å². The van der Waals surface area contributed by atoms with Crippen molar-refractivity contribution in [2.45, 2.75) is 23.3 Å². The first-order chi connectivity index (χ1) is 3.71. The zero-order chi connectivity index (χ0) is 6.04. The van der Waals surface area contributed by atoms with Crippen LogP contribution < -0.4 is 0 Å². The van der Waals surface area contributed by atoms with Crippen LogP contribution in [-0.4, -0.2) is 37.2 Å². The van der Waals surface area contributed by atoms with Crippen LogP contribution in [0.15, 0.2) is 0 Å². The van der Waals surface area contributed by atoms with Crippen molar-refractivity contribution >= 4 is 26.5 Å². The van der Waals surface area contributed by atoms with Crippen molar-refractivity contribution in [3.8, 4) is 0 Å². The van der Waals surface area contributed by atoms with Crippen molar-refractivity contribution in [1.29, 1.82) is 0 Å². The minimum Gasteiger partial charge on any atom is -0.395 e. The molecule has 1 saturated heterocycles. The Hall–Kier alpha value is 0.709. The zero-order valence-electron chi connectivity index (χ0n) is 5.74. The van der Waals surface area contributed by atoms with E-state index in [0.717, 1.165) is 6.61 Å². The van der Waals surface area contributed by atoms with E-state index < -0.39 is 0 Å². The highest BCUT2D eigenvalue weighted by Crippen LogP contribution is 2.17. The summed E-state index contributed by atoms with van der Waals surface area (Å²) >= 11 is 1.25. The molecule has 3 heteroatoms. The summed E-state index contributed by atoms with van der Waals surface area (Å²) < 4.78 is 6.05. The highest BCUT2D eigenvalue weighted by Gasteiger charge is 2.20. The summed E-state index contributed by atoms with van der Waals surface area (Å²) in [5.74, 6) is 0. The lowest BCUT2D eigenvalue weighted by Gasteiger charge is -2.30. The molecule has 0 aromatic carbocycles. The van der Waals surface area contributed by atoms with Crippen molar-refractivity contribution in [2.75, 3.05) is 6.61 Å². The Balaban J connectivity index is 2.33. The fourth-order valence-corrected chi connectivity index (χ4v) is 2.19. The van der Waals surface area contributed by atoms with Crippen LogP contribution in [0.3, 0.4) is 0 Å². The number of rotatable bonds is 0. The lowest BCUT2D eigenvalue weighted by molar-refractivity contribution is 0.0383. The van der Waals surface area contributed by atoms with E-state index in [0.29, 0.717) is 4.09 Å². The van der Waals surface area contributed by atoms with Gasteiger partial charge in [0.15, 0.2) is 0 Å². The molecule has 1 fully saturated rings. The van der Waals surface area contributed by atoms with Crippen molar-refractivity contribution in [2.24, 2.45) is 0 Å². The van der Waals surface area contributed by atoms with Gasteiger partial charge in [0.1, 0.15) is 0 Å². The highest BCUT2D eigenvalue weighted by molar-refractivity contribution is 6.39. The first-order valence-electron chi connectivity index (χ1n) is 3.35. The van der Waals surface area contributed by atoms with E-state index in [9.17, 15) is 0 Å². The zero-order valence-corrected chi connectivity index (χ0v) is 9.74. The summed E-state index contributed by atoms with van der Waals surface area (Å²) in [4.78, 5) is 0. The SMILES string of the molecule is [AlH2][C]1([SiH3])CCCCO1. The molecule has 1 aliphatic rings. The van der Waals surface area contributed by atoms with Crippen molar-refractivity contribution in [3.63, 3.8) is 0 Å². The summed E-state index contributed by atoms with van der Waals surface area (Å²) in [6, 6.07) is 0. The average molecular weight is 144 g/mol. The van der Waals surface area contributed by atoms with Crippen LogP contribution in [0.1, 0.15) is 19.3 Å². The summed E-state index contributed by atoms with van der Waals surface area (Å²) in [6.45, 7) is 1.03. The number of hydrogen-bond acceptors (Lipinski definition) is 1. The molecule has 1 atom stereocenters. The van der Waals surface area contributed by atoms with E-state index in [1.807, 2.05) is 0 Å². The maximum Gasteiger partial charge on any atom is 0.257 e.